The fourth-order valence-corrected chi connectivity index (χ4v) is 4.07. The van der Waals surface area contributed by atoms with Crippen LogP contribution in [0.2, 0.25) is 13.1 Å². The third-order valence-electron chi connectivity index (χ3n) is 5.20. The van der Waals surface area contributed by atoms with Crippen LogP contribution in [0.3, 0.4) is 0 Å². The number of benzene rings is 2. The van der Waals surface area contributed by atoms with Gasteiger partial charge in [0.2, 0.25) is 0 Å². The van der Waals surface area contributed by atoms with Gasteiger partial charge in [0, 0.05) is 5.56 Å². The number of halogens is 1. The van der Waals surface area contributed by atoms with E-state index < -0.39 is 26.7 Å². The number of hydrogen-bond acceptors (Lipinski definition) is 3. The molecule has 3 rings (SSSR count). The van der Waals surface area contributed by atoms with E-state index >= 15 is 4.39 Å². The maximum absolute atomic E-state index is 15.7. The Morgan fingerprint density at radius 1 is 0.833 bits per heavy atom. The molecule has 1 aliphatic heterocycles. The topological polar surface area (TPSA) is 55.4 Å². The number of rotatable bonds is 3. The van der Waals surface area contributed by atoms with Crippen LogP contribution in [0, 0.1) is 5.82 Å². The third-order valence-corrected chi connectivity index (χ3v) is 5.83. The second-order valence-corrected chi connectivity index (χ2v) is 12.1. The Labute approximate surface area is 179 Å². The molecule has 0 aliphatic carbocycles. The second-order valence-electron chi connectivity index (χ2n) is 10.1. The number of nitrogens with one attached hydrogen (secondary N) is 1. The molecule has 30 heavy (non-hydrogen) atoms. The van der Waals surface area contributed by atoms with E-state index in [-0.39, 0.29) is 33.3 Å². The Morgan fingerprint density at radius 3 is 1.83 bits per heavy atom. The highest BCUT2D eigenvalue weighted by Crippen LogP contribution is 2.41. The summed E-state index contributed by atoms with van der Waals surface area (Å²) in [6, 6.07) is 7.31. The number of amides is 2. The highest BCUT2D eigenvalue weighted by molar-refractivity contribution is 6.49. The van der Waals surface area contributed by atoms with Crippen molar-refractivity contribution in [3.8, 4) is 16.9 Å². The van der Waals surface area contributed by atoms with Crippen molar-refractivity contribution in [3.05, 3.63) is 52.3 Å². The van der Waals surface area contributed by atoms with E-state index in [0.717, 1.165) is 11.1 Å². The van der Waals surface area contributed by atoms with Crippen molar-refractivity contribution >= 4 is 20.9 Å². The van der Waals surface area contributed by atoms with Crippen LogP contribution < -0.4 is 9.74 Å². The Balaban J connectivity index is 2.40. The van der Waals surface area contributed by atoms with Gasteiger partial charge in [-0.2, -0.15) is 0 Å². The smallest absolute Gasteiger partial charge is 0.274 e. The first-order chi connectivity index (χ1) is 13.7. The van der Waals surface area contributed by atoms with Crippen molar-refractivity contribution in [1.82, 2.24) is 5.32 Å². The number of carbonyl (C=O) groups excluding carboxylic acids is 2. The first-order valence-corrected chi connectivity index (χ1v) is 12.5. The zero-order valence-corrected chi connectivity index (χ0v) is 19.9. The van der Waals surface area contributed by atoms with Gasteiger partial charge >= 0.3 is 0 Å². The summed E-state index contributed by atoms with van der Waals surface area (Å²) in [4.78, 5) is 24.9. The minimum absolute atomic E-state index is 0.0194. The first kappa shape index (κ1) is 22.2. The minimum Gasteiger partial charge on any atom is -0.541 e. The molecule has 0 atom stereocenters. The van der Waals surface area contributed by atoms with Crippen molar-refractivity contribution in [1.29, 1.82) is 0 Å². The zero-order chi connectivity index (χ0) is 22.6. The van der Waals surface area contributed by atoms with Gasteiger partial charge in [-0.25, -0.2) is 4.39 Å². The van der Waals surface area contributed by atoms with Gasteiger partial charge in [0.25, 0.3) is 20.9 Å². The molecule has 0 saturated carbocycles. The number of carbonyl (C=O) groups is 2. The lowest BCUT2D eigenvalue weighted by molar-refractivity contribution is 0.0879. The van der Waals surface area contributed by atoms with Crippen LogP contribution in [0.5, 0.6) is 5.75 Å². The summed E-state index contributed by atoms with van der Waals surface area (Å²) >= 11 is 0. The van der Waals surface area contributed by atoms with Gasteiger partial charge < -0.3 is 4.43 Å². The molecule has 2 amide bonds. The predicted octanol–water partition coefficient (Wildman–Crippen LogP) is 5.60. The number of hydrogen-bond donors (Lipinski definition) is 1. The van der Waals surface area contributed by atoms with Crippen molar-refractivity contribution < 1.29 is 18.4 Å². The van der Waals surface area contributed by atoms with Crippen molar-refractivity contribution in [2.75, 3.05) is 0 Å². The summed E-state index contributed by atoms with van der Waals surface area (Å²) in [5, 5.41) is 2.30. The number of imide groups is 1. The molecule has 1 radical (unpaired) electrons. The Morgan fingerprint density at radius 2 is 1.37 bits per heavy atom. The molecule has 2 aromatic carbocycles. The second kappa shape index (κ2) is 7.34. The van der Waals surface area contributed by atoms with E-state index in [1.165, 1.54) is 6.07 Å². The molecule has 1 N–H and O–H groups in total. The molecule has 159 valence electrons. The van der Waals surface area contributed by atoms with Crippen LogP contribution >= 0.6 is 0 Å². The lowest BCUT2D eigenvalue weighted by atomic mass is 9.78. The molecule has 0 saturated heterocycles. The maximum Gasteiger partial charge on any atom is 0.274 e. The van der Waals surface area contributed by atoms with Gasteiger partial charge in [0.15, 0.2) is 5.82 Å². The lowest BCUT2D eigenvalue weighted by Gasteiger charge is -2.27. The first-order valence-electron chi connectivity index (χ1n) is 10.1. The monoisotopic (exact) mass is 426 g/mol. The third kappa shape index (κ3) is 4.06. The van der Waals surface area contributed by atoms with Crippen molar-refractivity contribution in [3.63, 3.8) is 0 Å². The van der Waals surface area contributed by atoms with Crippen LogP contribution in [0.1, 0.15) is 73.4 Å². The van der Waals surface area contributed by atoms with Crippen LogP contribution in [0.4, 0.5) is 4.39 Å². The van der Waals surface area contributed by atoms with Crippen molar-refractivity contribution in [2.24, 2.45) is 0 Å². The van der Waals surface area contributed by atoms with Gasteiger partial charge in [-0.15, -0.1) is 0 Å². The quantitative estimate of drug-likeness (QED) is 0.513. The maximum atomic E-state index is 15.7. The van der Waals surface area contributed by atoms with Crippen LogP contribution in [-0.2, 0) is 10.8 Å². The Kier molecular flexibility index (Phi) is 5.44. The Hall–Kier alpha value is -2.47. The highest BCUT2D eigenvalue weighted by Gasteiger charge is 2.35. The van der Waals surface area contributed by atoms with Gasteiger partial charge in [-0.3, -0.25) is 14.9 Å². The number of fused-ring (bicyclic) bond motifs is 1. The summed E-state index contributed by atoms with van der Waals surface area (Å²) in [5.74, 6) is -1.68. The highest BCUT2D eigenvalue weighted by atomic mass is 28.3. The summed E-state index contributed by atoms with van der Waals surface area (Å²) in [7, 11) is -1.27. The van der Waals surface area contributed by atoms with E-state index in [9.17, 15) is 9.59 Å². The molecule has 0 spiro atoms. The van der Waals surface area contributed by atoms with Crippen LogP contribution in [-0.4, -0.2) is 20.9 Å². The zero-order valence-electron chi connectivity index (χ0n) is 18.9. The molecule has 1 aliphatic rings. The van der Waals surface area contributed by atoms with Gasteiger partial charge in [-0.1, -0.05) is 59.7 Å². The summed E-state index contributed by atoms with van der Waals surface area (Å²) in [6.07, 6.45) is 0. The average Bonchev–Trinajstić information content (AvgIpc) is 2.87. The molecule has 0 bridgehead atoms. The van der Waals surface area contributed by atoms with Gasteiger partial charge in [0.05, 0.1) is 11.1 Å². The lowest BCUT2D eigenvalue weighted by Crippen LogP contribution is -2.20. The standard InChI is InChI=1S/C24H29FNO3Si/c1-23(2,3)14-9-13(10-15(11-14)24(4,5)6)18-19-16(21(27)26-22(19)28)12-17(20(18)25)29-30(7)8/h9-12H,1-8H3,(H,26,27,28). The molecular weight excluding hydrogens is 397 g/mol. The van der Waals surface area contributed by atoms with E-state index in [4.69, 9.17) is 4.43 Å². The van der Waals surface area contributed by atoms with Gasteiger partial charge in [-0.05, 0) is 46.7 Å². The Bertz CT molecular complexity index is 1010. The molecule has 6 heteroatoms. The molecule has 2 aromatic rings. The van der Waals surface area contributed by atoms with E-state index in [2.05, 4.69) is 52.9 Å². The molecule has 0 unspecified atom stereocenters. The SMILES string of the molecule is C[Si](C)Oc1cc2c(c(-c3cc(C(C)(C)C)cc(C(C)(C)C)c3)c1F)C(=O)NC2=O. The molecule has 0 fully saturated rings. The van der Waals surface area contributed by atoms with E-state index in [1.807, 2.05) is 25.2 Å². The average molecular weight is 427 g/mol. The molecule has 0 aromatic heterocycles. The summed E-state index contributed by atoms with van der Waals surface area (Å²) < 4.78 is 21.5. The van der Waals surface area contributed by atoms with E-state index in [1.54, 1.807) is 0 Å². The van der Waals surface area contributed by atoms with Gasteiger partial charge in [0.1, 0.15) is 5.75 Å². The van der Waals surface area contributed by atoms with E-state index in [0.29, 0.717) is 5.56 Å². The largest absolute Gasteiger partial charge is 0.541 e. The molecular formula is C24H29FNO3Si. The van der Waals surface area contributed by atoms with Crippen LogP contribution in [0.25, 0.3) is 11.1 Å². The molecule has 1 heterocycles. The molecule has 4 nitrogen and oxygen atoms in total. The fourth-order valence-electron chi connectivity index (χ4n) is 3.49. The van der Waals surface area contributed by atoms with Crippen molar-refractivity contribution in [2.45, 2.75) is 65.5 Å². The summed E-state index contributed by atoms with van der Waals surface area (Å²) in [5.41, 5.74) is 2.66. The predicted molar refractivity (Wildman–Crippen MR) is 119 cm³/mol. The fraction of sp³-hybridized carbons (Fsp3) is 0.417. The normalized spacial score (nSPS) is 14.2. The van der Waals surface area contributed by atoms with Crippen LogP contribution in [0.15, 0.2) is 24.3 Å². The minimum atomic E-state index is -1.27. The summed E-state index contributed by atoms with van der Waals surface area (Å²) in [6.45, 7) is 16.3.